The molecule has 42 heavy (non-hydrogen) atoms. The van der Waals surface area contributed by atoms with Crippen molar-refractivity contribution in [3.63, 3.8) is 0 Å². The van der Waals surface area contributed by atoms with Crippen LogP contribution in [0, 0.1) is 11.3 Å². The van der Waals surface area contributed by atoms with Crippen LogP contribution in [0.1, 0.15) is 62.8 Å². The lowest BCUT2D eigenvalue weighted by Crippen LogP contribution is -2.44. The molecule has 0 spiro atoms. The quantitative estimate of drug-likeness (QED) is 0.313. The normalized spacial score (nSPS) is 15.2. The summed E-state index contributed by atoms with van der Waals surface area (Å²) in [5.41, 5.74) is 3.69. The van der Waals surface area contributed by atoms with Gasteiger partial charge in [0.05, 0.1) is 34.2 Å². The molecule has 5 heterocycles. The number of carbonyl (C=O) groups excluding carboxylic acids is 2. The highest BCUT2D eigenvalue weighted by Crippen LogP contribution is 2.34. The van der Waals surface area contributed by atoms with E-state index in [0.29, 0.717) is 29.4 Å². The van der Waals surface area contributed by atoms with Gasteiger partial charge in [0.25, 0.3) is 5.91 Å². The minimum absolute atomic E-state index is 0.122. The van der Waals surface area contributed by atoms with Crippen molar-refractivity contribution in [2.24, 2.45) is 0 Å². The summed E-state index contributed by atoms with van der Waals surface area (Å²) >= 11 is 1.21. The number of pyridine rings is 1. The molecule has 1 fully saturated rings. The minimum Gasteiger partial charge on any atom is -0.444 e. The van der Waals surface area contributed by atoms with Crippen molar-refractivity contribution in [3.05, 3.63) is 47.2 Å². The third-order valence-corrected chi connectivity index (χ3v) is 7.54. The van der Waals surface area contributed by atoms with Crippen molar-refractivity contribution < 1.29 is 14.3 Å². The second kappa shape index (κ2) is 11.7. The van der Waals surface area contributed by atoms with Gasteiger partial charge >= 0.3 is 6.09 Å². The molecule has 1 aliphatic rings. The van der Waals surface area contributed by atoms with E-state index < -0.39 is 11.7 Å². The van der Waals surface area contributed by atoms with E-state index >= 15 is 0 Å². The van der Waals surface area contributed by atoms with E-state index in [1.54, 1.807) is 21.7 Å². The molecule has 4 aromatic rings. The van der Waals surface area contributed by atoms with Crippen LogP contribution in [0.4, 0.5) is 10.5 Å². The van der Waals surface area contributed by atoms with Gasteiger partial charge in [0.2, 0.25) is 5.01 Å². The summed E-state index contributed by atoms with van der Waals surface area (Å²) in [7, 11) is 0. The lowest BCUT2D eigenvalue weighted by atomic mass is 10.1. The fourth-order valence-corrected chi connectivity index (χ4v) is 5.65. The van der Waals surface area contributed by atoms with E-state index in [9.17, 15) is 14.9 Å². The molecule has 2 amide bonds. The minimum atomic E-state index is -0.594. The van der Waals surface area contributed by atoms with Crippen molar-refractivity contribution in [1.82, 2.24) is 35.0 Å². The maximum atomic E-state index is 13.4. The smallest absolute Gasteiger partial charge is 0.407 e. The average molecular weight is 588 g/mol. The predicted octanol–water partition coefficient (Wildman–Crippen LogP) is 4.74. The van der Waals surface area contributed by atoms with Crippen molar-refractivity contribution >= 4 is 34.5 Å². The first-order valence-corrected chi connectivity index (χ1v) is 14.6. The SMILES string of the molecule is CC(C)Nc1cc(-c2ccc3cc(C#N)cnn23)ncc1-c1nnc(C(=O)N2CCCC2CNC(=O)OC(C)(C)C)s1. The zero-order valence-electron chi connectivity index (χ0n) is 24.2. The topological polar surface area (TPSA) is 150 Å². The second-order valence-corrected chi connectivity index (χ2v) is 12.4. The van der Waals surface area contributed by atoms with Gasteiger partial charge in [-0.25, -0.2) is 9.31 Å². The Labute approximate surface area is 247 Å². The molecular formula is C29H33N9O3S. The first-order chi connectivity index (χ1) is 20.0. The Bertz CT molecular complexity index is 1660. The highest BCUT2D eigenvalue weighted by Gasteiger charge is 2.32. The van der Waals surface area contributed by atoms with Crippen LogP contribution in [0.25, 0.3) is 27.5 Å². The fourth-order valence-electron chi connectivity index (χ4n) is 4.82. The Hall–Kier alpha value is -4.57. The number of hydrogen-bond donors (Lipinski definition) is 2. The molecule has 12 nitrogen and oxygen atoms in total. The standard InChI is InChI=1S/C29H33N9O3S/c1-17(2)34-22-12-23(24-9-8-19-11-18(13-30)14-33-38(19)24)31-16-21(22)25-35-36-26(42-25)27(39)37-10-6-7-20(37)15-32-28(40)41-29(3,4)5/h8-9,11-12,14,16-17,20H,6-7,10,15H2,1-5H3,(H,31,34)(H,32,40). The first-order valence-electron chi connectivity index (χ1n) is 13.8. The maximum absolute atomic E-state index is 13.4. The highest BCUT2D eigenvalue weighted by atomic mass is 32.1. The Morgan fingerprint density at radius 1 is 1.21 bits per heavy atom. The third kappa shape index (κ3) is 6.33. The van der Waals surface area contributed by atoms with E-state index in [1.807, 2.05) is 52.8 Å². The van der Waals surface area contributed by atoms with Gasteiger partial charge in [-0.3, -0.25) is 9.78 Å². The molecule has 2 N–H and O–H groups in total. The maximum Gasteiger partial charge on any atom is 0.407 e. The third-order valence-electron chi connectivity index (χ3n) is 6.60. The monoisotopic (exact) mass is 587 g/mol. The van der Waals surface area contributed by atoms with Gasteiger partial charge in [-0.2, -0.15) is 10.4 Å². The number of alkyl carbamates (subject to hydrolysis) is 1. The lowest BCUT2D eigenvalue weighted by Gasteiger charge is -2.25. The summed E-state index contributed by atoms with van der Waals surface area (Å²) in [6.45, 7) is 10.4. The Morgan fingerprint density at radius 2 is 2.02 bits per heavy atom. The average Bonchev–Trinajstić information content (AvgIpc) is 3.69. The van der Waals surface area contributed by atoms with Crippen LogP contribution in [0.3, 0.4) is 0 Å². The number of hydrogen-bond acceptors (Lipinski definition) is 10. The van der Waals surface area contributed by atoms with E-state index in [4.69, 9.17) is 9.72 Å². The largest absolute Gasteiger partial charge is 0.444 e. The van der Waals surface area contributed by atoms with Crippen LogP contribution in [0.15, 0.2) is 36.7 Å². The molecule has 1 aliphatic heterocycles. The van der Waals surface area contributed by atoms with Crippen molar-refractivity contribution in [3.8, 4) is 28.0 Å². The molecule has 0 aliphatic carbocycles. The van der Waals surface area contributed by atoms with E-state index in [0.717, 1.165) is 35.3 Å². The number of ether oxygens (including phenoxy) is 1. The summed E-state index contributed by atoms with van der Waals surface area (Å²) in [6, 6.07) is 9.60. The molecule has 0 bridgehead atoms. The number of fused-ring (bicyclic) bond motifs is 1. The Morgan fingerprint density at radius 3 is 2.76 bits per heavy atom. The van der Waals surface area contributed by atoms with Crippen LogP contribution in [0.5, 0.6) is 0 Å². The molecule has 4 aromatic heterocycles. The van der Waals surface area contributed by atoms with Crippen LogP contribution < -0.4 is 10.6 Å². The van der Waals surface area contributed by atoms with Gasteiger partial charge in [-0.05, 0) is 71.7 Å². The van der Waals surface area contributed by atoms with Gasteiger partial charge in [-0.15, -0.1) is 10.2 Å². The number of amides is 2. The van der Waals surface area contributed by atoms with Crippen molar-refractivity contribution in [2.75, 3.05) is 18.4 Å². The van der Waals surface area contributed by atoms with Gasteiger partial charge in [0, 0.05) is 37.1 Å². The molecule has 0 aromatic carbocycles. The van der Waals surface area contributed by atoms with Crippen LogP contribution in [0.2, 0.25) is 0 Å². The molecule has 13 heteroatoms. The molecule has 1 unspecified atom stereocenters. The lowest BCUT2D eigenvalue weighted by molar-refractivity contribution is 0.0501. The predicted molar refractivity (Wildman–Crippen MR) is 159 cm³/mol. The number of carbonyl (C=O) groups is 2. The molecule has 218 valence electrons. The van der Waals surface area contributed by atoms with E-state index in [1.165, 1.54) is 17.5 Å². The Kier molecular flexibility index (Phi) is 8.08. The number of nitrogens with zero attached hydrogens (tertiary/aromatic N) is 7. The summed E-state index contributed by atoms with van der Waals surface area (Å²) in [5, 5.41) is 29.3. The Balaban J connectivity index is 1.37. The van der Waals surface area contributed by atoms with Crippen molar-refractivity contribution in [2.45, 2.75) is 65.1 Å². The van der Waals surface area contributed by atoms with Crippen LogP contribution >= 0.6 is 11.3 Å². The van der Waals surface area contributed by atoms with Gasteiger partial charge in [0.1, 0.15) is 11.7 Å². The molecule has 0 radical (unpaired) electrons. The summed E-state index contributed by atoms with van der Waals surface area (Å²) in [6.07, 6.45) is 4.37. The summed E-state index contributed by atoms with van der Waals surface area (Å²) in [5.74, 6) is -0.211. The zero-order chi connectivity index (χ0) is 30.0. The van der Waals surface area contributed by atoms with Gasteiger partial charge in [0.15, 0.2) is 5.01 Å². The highest BCUT2D eigenvalue weighted by molar-refractivity contribution is 7.16. The molecule has 5 rings (SSSR count). The molecule has 0 saturated carbocycles. The van der Waals surface area contributed by atoms with Crippen LogP contribution in [-0.2, 0) is 4.74 Å². The van der Waals surface area contributed by atoms with Crippen LogP contribution in [-0.4, -0.2) is 72.5 Å². The molecule has 1 atom stereocenters. The summed E-state index contributed by atoms with van der Waals surface area (Å²) in [4.78, 5) is 32.0. The number of likely N-dealkylation sites (tertiary alicyclic amines) is 1. The number of nitriles is 1. The van der Waals surface area contributed by atoms with Gasteiger partial charge < -0.3 is 20.3 Å². The van der Waals surface area contributed by atoms with Gasteiger partial charge in [-0.1, -0.05) is 11.3 Å². The number of rotatable bonds is 7. The molecule has 1 saturated heterocycles. The zero-order valence-corrected chi connectivity index (χ0v) is 25.0. The fraction of sp³-hybridized carbons (Fsp3) is 0.414. The van der Waals surface area contributed by atoms with E-state index in [-0.39, 0.29) is 23.0 Å². The second-order valence-electron chi connectivity index (χ2n) is 11.4. The van der Waals surface area contributed by atoms with E-state index in [2.05, 4.69) is 32.0 Å². The summed E-state index contributed by atoms with van der Waals surface area (Å²) < 4.78 is 7.07. The number of nitrogens with one attached hydrogen (secondary N) is 2. The number of anilines is 1. The first kappa shape index (κ1) is 28.9. The molecular weight excluding hydrogens is 554 g/mol. The number of aromatic nitrogens is 5. The van der Waals surface area contributed by atoms with Crippen molar-refractivity contribution in [1.29, 1.82) is 5.26 Å².